The summed E-state index contributed by atoms with van der Waals surface area (Å²) < 4.78 is 14.1. The van der Waals surface area contributed by atoms with Gasteiger partial charge >= 0.3 is 0 Å². The molecule has 6 nitrogen and oxygen atoms in total. The summed E-state index contributed by atoms with van der Waals surface area (Å²) in [5.74, 6) is 1.06. The zero-order valence-electron chi connectivity index (χ0n) is 20.7. The van der Waals surface area contributed by atoms with Crippen LogP contribution in [-0.4, -0.2) is 19.5 Å². The van der Waals surface area contributed by atoms with Crippen LogP contribution in [0.25, 0.3) is 72.8 Å². The van der Waals surface area contributed by atoms with E-state index in [9.17, 15) is 0 Å². The van der Waals surface area contributed by atoms with Crippen molar-refractivity contribution in [1.82, 2.24) is 19.5 Å². The number of nitrogens with zero attached hydrogens (tertiary/aromatic N) is 4. The molecule has 0 saturated heterocycles. The normalized spacial score (nSPS) is 11.6. The number of hydrogen-bond donors (Lipinski definition) is 0. The largest absolute Gasteiger partial charge is 0.444 e. The van der Waals surface area contributed by atoms with Gasteiger partial charge in [-0.2, -0.15) is 0 Å². The molecule has 0 spiro atoms. The zero-order chi connectivity index (χ0) is 25.8. The van der Waals surface area contributed by atoms with Gasteiger partial charge in [0.2, 0.25) is 11.8 Å². The third-order valence-electron chi connectivity index (χ3n) is 7.07. The van der Waals surface area contributed by atoms with Crippen LogP contribution < -0.4 is 0 Å². The molecule has 6 heteroatoms. The molecule has 0 saturated carbocycles. The molecule has 4 heterocycles. The van der Waals surface area contributed by atoms with E-state index >= 15 is 0 Å². The first-order valence-corrected chi connectivity index (χ1v) is 12.7. The highest BCUT2D eigenvalue weighted by molar-refractivity contribution is 6.10. The summed E-state index contributed by atoms with van der Waals surface area (Å²) in [7, 11) is 0. The molecule has 8 aromatic rings. The zero-order valence-corrected chi connectivity index (χ0v) is 20.7. The molecule has 8 rings (SSSR count). The molecule has 0 radical (unpaired) electrons. The summed E-state index contributed by atoms with van der Waals surface area (Å²) in [6.45, 7) is 0. The van der Waals surface area contributed by atoms with Crippen LogP contribution in [-0.2, 0) is 0 Å². The van der Waals surface area contributed by atoms with E-state index in [0.29, 0.717) is 17.4 Å². The van der Waals surface area contributed by atoms with Crippen molar-refractivity contribution in [2.45, 2.75) is 0 Å². The molecule has 0 unspecified atom stereocenters. The Kier molecular flexibility index (Phi) is 4.72. The summed E-state index contributed by atoms with van der Waals surface area (Å²) in [5, 5.41) is 2.35. The SMILES string of the molecule is c1ccc(-c2cccc(-n3c4ccccc4c4ccc(-c5nc6c(-c7ncco7)cccc6o5)cc43)c2)nc1. The van der Waals surface area contributed by atoms with E-state index in [1.54, 1.807) is 12.5 Å². The van der Waals surface area contributed by atoms with Gasteiger partial charge in [-0.1, -0.05) is 48.5 Å². The molecule has 4 aromatic carbocycles. The average molecular weight is 505 g/mol. The van der Waals surface area contributed by atoms with Gasteiger partial charge in [-0.3, -0.25) is 4.98 Å². The number of para-hydroxylation sites is 2. The van der Waals surface area contributed by atoms with Crippen molar-refractivity contribution >= 4 is 32.9 Å². The summed E-state index contributed by atoms with van der Waals surface area (Å²) in [6, 6.07) is 35.1. The number of pyridine rings is 1. The minimum absolute atomic E-state index is 0.517. The molecule has 0 aliphatic rings. The lowest BCUT2D eigenvalue weighted by Gasteiger charge is -2.10. The Bertz CT molecular complexity index is 2120. The smallest absolute Gasteiger partial charge is 0.228 e. The molecule has 184 valence electrons. The molecule has 0 amide bonds. The molecular weight excluding hydrogens is 484 g/mol. The Morgan fingerprint density at radius 1 is 0.615 bits per heavy atom. The molecule has 0 aliphatic carbocycles. The van der Waals surface area contributed by atoms with Crippen LogP contribution in [0.3, 0.4) is 0 Å². The molecule has 0 N–H and O–H groups in total. The Morgan fingerprint density at radius 2 is 1.51 bits per heavy atom. The molecule has 0 bridgehead atoms. The highest BCUT2D eigenvalue weighted by atomic mass is 16.4. The highest BCUT2D eigenvalue weighted by Crippen LogP contribution is 2.37. The first-order chi connectivity index (χ1) is 19.3. The van der Waals surface area contributed by atoms with E-state index in [4.69, 9.17) is 13.8 Å². The number of oxazole rings is 2. The van der Waals surface area contributed by atoms with Crippen LogP contribution in [0.2, 0.25) is 0 Å². The predicted molar refractivity (Wildman–Crippen MR) is 153 cm³/mol. The Hall–Kier alpha value is -5.49. The van der Waals surface area contributed by atoms with Gasteiger partial charge in [-0.05, 0) is 54.6 Å². The van der Waals surface area contributed by atoms with Crippen LogP contribution in [0, 0.1) is 0 Å². The summed E-state index contributed by atoms with van der Waals surface area (Å²) in [4.78, 5) is 13.7. The Morgan fingerprint density at radius 3 is 2.41 bits per heavy atom. The van der Waals surface area contributed by atoms with Gasteiger partial charge in [-0.25, -0.2) is 9.97 Å². The monoisotopic (exact) mass is 504 g/mol. The van der Waals surface area contributed by atoms with E-state index in [0.717, 1.165) is 50.0 Å². The second-order valence-electron chi connectivity index (χ2n) is 9.36. The van der Waals surface area contributed by atoms with E-state index in [1.165, 1.54) is 5.39 Å². The minimum Gasteiger partial charge on any atom is -0.444 e. The van der Waals surface area contributed by atoms with Crippen molar-refractivity contribution in [1.29, 1.82) is 0 Å². The van der Waals surface area contributed by atoms with Crippen LogP contribution in [0.5, 0.6) is 0 Å². The van der Waals surface area contributed by atoms with E-state index in [1.807, 2.05) is 42.6 Å². The van der Waals surface area contributed by atoms with Crippen molar-refractivity contribution < 1.29 is 8.83 Å². The maximum Gasteiger partial charge on any atom is 0.228 e. The van der Waals surface area contributed by atoms with Crippen molar-refractivity contribution in [2.24, 2.45) is 0 Å². The minimum atomic E-state index is 0.517. The highest BCUT2D eigenvalue weighted by Gasteiger charge is 2.18. The van der Waals surface area contributed by atoms with Crippen molar-refractivity contribution in [2.75, 3.05) is 0 Å². The standard InChI is InChI=1S/C33H20N4O2/c1-2-12-28-24(9-1)25-15-14-22(32-36-31-26(33-35-17-18-38-33)10-6-13-30(31)39-32)20-29(25)37(28)23-8-5-7-21(19-23)27-11-3-4-16-34-27/h1-20H. The van der Waals surface area contributed by atoms with Gasteiger partial charge in [0, 0.05) is 33.8 Å². The van der Waals surface area contributed by atoms with Gasteiger partial charge in [-0.15, -0.1) is 0 Å². The van der Waals surface area contributed by atoms with Gasteiger partial charge in [0.25, 0.3) is 0 Å². The van der Waals surface area contributed by atoms with Crippen molar-refractivity contribution in [3.05, 3.63) is 122 Å². The lowest BCUT2D eigenvalue weighted by Crippen LogP contribution is -1.95. The van der Waals surface area contributed by atoms with Crippen LogP contribution in [0.15, 0.2) is 131 Å². The van der Waals surface area contributed by atoms with Gasteiger partial charge < -0.3 is 13.4 Å². The first kappa shape index (κ1) is 21.6. The fourth-order valence-corrected chi connectivity index (χ4v) is 5.32. The number of aromatic nitrogens is 4. The average Bonchev–Trinajstić information content (AvgIpc) is 3.75. The molecular formula is C33H20N4O2. The Balaban J connectivity index is 1.34. The Labute approximate surface area is 222 Å². The third kappa shape index (κ3) is 3.46. The fourth-order valence-electron chi connectivity index (χ4n) is 5.32. The number of benzene rings is 4. The van der Waals surface area contributed by atoms with E-state index in [-0.39, 0.29) is 0 Å². The van der Waals surface area contributed by atoms with Gasteiger partial charge in [0.15, 0.2) is 5.58 Å². The fraction of sp³-hybridized carbons (Fsp3) is 0. The maximum absolute atomic E-state index is 6.24. The van der Waals surface area contributed by atoms with Crippen molar-refractivity contribution in [3.8, 4) is 39.9 Å². The quantitative estimate of drug-likeness (QED) is 0.241. The lowest BCUT2D eigenvalue weighted by molar-refractivity contribution is 0.575. The number of hydrogen-bond acceptors (Lipinski definition) is 5. The number of rotatable bonds is 4. The molecule has 0 aliphatic heterocycles. The van der Waals surface area contributed by atoms with E-state index in [2.05, 4.69) is 81.3 Å². The predicted octanol–water partition coefficient (Wildman–Crippen LogP) is 8.31. The number of fused-ring (bicyclic) bond motifs is 4. The second kappa shape index (κ2) is 8.53. The van der Waals surface area contributed by atoms with Gasteiger partial charge in [0.05, 0.1) is 28.5 Å². The summed E-state index contributed by atoms with van der Waals surface area (Å²) >= 11 is 0. The van der Waals surface area contributed by atoms with Gasteiger partial charge in [0.1, 0.15) is 11.8 Å². The molecule has 0 atom stereocenters. The summed E-state index contributed by atoms with van der Waals surface area (Å²) in [5.41, 5.74) is 8.36. The molecule has 0 fully saturated rings. The second-order valence-corrected chi connectivity index (χ2v) is 9.36. The topological polar surface area (TPSA) is 69.9 Å². The van der Waals surface area contributed by atoms with Crippen LogP contribution >= 0.6 is 0 Å². The third-order valence-corrected chi connectivity index (χ3v) is 7.07. The molecule has 39 heavy (non-hydrogen) atoms. The lowest BCUT2D eigenvalue weighted by atomic mass is 10.1. The maximum atomic E-state index is 6.24. The molecule has 4 aromatic heterocycles. The van der Waals surface area contributed by atoms with E-state index < -0.39 is 0 Å². The van der Waals surface area contributed by atoms with Crippen LogP contribution in [0.4, 0.5) is 0 Å². The summed E-state index contributed by atoms with van der Waals surface area (Å²) in [6.07, 6.45) is 5.01. The first-order valence-electron chi connectivity index (χ1n) is 12.7. The van der Waals surface area contributed by atoms with Crippen molar-refractivity contribution in [3.63, 3.8) is 0 Å². The van der Waals surface area contributed by atoms with Crippen LogP contribution in [0.1, 0.15) is 0 Å².